The molecule has 0 saturated heterocycles. The molecule has 0 atom stereocenters. The van der Waals surface area contributed by atoms with E-state index in [9.17, 15) is 13.2 Å². The monoisotopic (exact) mass is 468 g/mol. The molecule has 1 aromatic carbocycles. The first kappa shape index (κ1) is 24.2. The van der Waals surface area contributed by atoms with Crippen LogP contribution < -0.4 is 15.2 Å². The fourth-order valence-electron chi connectivity index (χ4n) is 3.35. The molecule has 0 radical (unpaired) electrons. The smallest absolute Gasteiger partial charge is 0.270 e. The molecule has 0 bridgehead atoms. The third-order valence-corrected chi connectivity index (χ3v) is 6.25. The molecule has 0 aliphatic heterocycles. The van der Waals surface area contributed by atoms with Crippen LogP contribution in [0.3, 0.4) is 0 Å². The predicted molar refractivity (Wildman–Crippen MR) is 127 cm³/mol. The number of rotatable bonds is 5. The van der Waals surface area contributed by atoms with E-state index >= 15 is 0 Å². The number of nitrogens with one attached hydrogen (secondary N) is 1. The van der Waals surface area contributed by atoms with Gasteiger partial charge in [0, 0.05) is 23.5 Å². The molecule has 0 unspecified atom stereocenters. The van der Waals surface area contributed by atoms with E-state index in [1.54, 1.807) is 6.07 Å². The maximum absolute atomic E-state index is 13.1. The molecular formula is C24H28N4O4S. The molecule has 0 aliphatic rings. The highest BCUT2D eigenvalue weighted by Crippen LogP contribution is 2.33. The maximum atomic E-state index is 13.1. The van der Waals surface area contributed by atoms with Crippen LogP contribution in [0.1, 0.15) is 53.5 Å². The first-order valence-corrected chi connectivity index (χ1v) is 11.8. The first-order chi connectivity index (χ1) is 15.3. The number of hydrogen-bond donors (Lipinski definition) is 2. The third kappa shape index (κ3) is 5.48. The summed E-state index contributed by atoms with van der Waals surface area (Å²) in [7, 11) is -4.21. The summed E-state index contributed by atoms with van der Waals surface area (Å²) in [6, 6.07) is 8.36. The lowest BCUT2D eigenvalue weighted by Crippen LogP contribution is -2.31. The van der Waals surface area contributed by atoms with Gasteiger partial charge in [0.15, 0.2) is 0 Å². The Morgan fingerprint density at radius 1 is 1.03 bits per heavy atom. The van der Waals surface area contributed by atoms with Gasteiger partial charge in [-0.2, -0.15) is 0 Å². The zero-order chi connectivity index (χ0) is 24.6. The summed E-state index contributed by atoms with van der Waals surface area (Å²) < 4.78 is 33.6. The fourth-order valence-corrected chi connectivity index (χ4v) is 4.31. The Labute approximate surface area is 194 Å². The van der Waals surface area contributed by atoms with Crippen LogP contribution in [0, 0.1) is 20.8 Å². The van der Waals surface area contributed by atoms with Gasteiger partial charge in [0.25, 0.3) is 15.9 Å². The first-order valence-electron chi connectivity index (χ1n) is 10.3. The van der Waals surface area contributed by atoms with Crippen LogP contribution >= 0.6 is 0 Å². The van der Waals surface area contributed by atoms with Gasteiger partial charge in [0.05, 0.1) is 5.69 Å². The molecular weight excluding hydrogens is 440 g/mol. The number of carbonyl (C=O) groups excluding carboxylic acids is 1. The fraction of sp³-hybridized carbons (Fsp3) is 0.292. The van der Waals surface area contributed by atoms with Crippen molar-refractivity contribution in [2.75, 3.05) is 5.73 Å². The Kier molecular flexibility index (Phi) is 6.46. The van der Waals surface area contributed by atoms with Crippen LogP contribution in [0.25, 0.3) is 0 Å². The number of aryl methyl sites for hydroxylation is 3. The number of carbonyl (C=O) groups is 1. The summed E-state index contributed by atoms with van der Waals surface area (Å²) in [6.07, 6.45) is 2.43. The van der Waals surface area contributed by atoms with Gasteiger partial charge < -0.3 is 10.5 Å². The van der Waals surface area contributed by atoms with Gasteiger partial charge in [-0.25, -0.2) is 18.1 Å². The van der Waals surface area contributed by atoms with Gasteiger partial charge >= 0.3 is 0 Å². The Balaban J connectivity index is 2.05. The van der Waals surface area contributed by atoms with Crippen molar-refractivity contribution in [3.63, 3.8) is 0 Å². The van der Waals surface area contributed by atoms with Gasteiger partial charge in [0.2, 0.25) is 5.88 Å². The van der Waals surface area contributed by atoms with Crippen LogP contribution in [-0.2, 0) is 15.4 Å². The number of amides is 1. The number of nitrogens with zero attached hydrogens (tertiary/aromatic N) is 2. The number of hydrogen-bond acceptors (Lipinski definition) is 7. The van der Waals surface area contributed by atoms with E-state index in [4.69, 9.17) is 10.5 Å². The molecule has 3 rings (SSSR count). The number of nitrogen functional groups attached to an aromatic ring is 1. The van der Waals surface area contributed by atoms with Crippen molar-refractivity contribution in [1.29, 1.82) is 0 Å². The van der Waals surface area contributed by atoms with Gasteiger partial charge in [-0.05, 0) is 50.1 Å². The standard InChI is InChI=1S/C24H28N4O4S/c1-14-9-15(2)21(16(3)10-14)32-23-19(7-8-20(27-23)24(4,5)6)22(29)28-33(30,31)18-11-17(25)12-26-13-18/h7-13H,25H2,1-6H3,(H,28,29). The van der Waals surface area contributed by atoms with Crippen molar-refractivity contribution in [2.24, 2.45) is 0 Å². The SMILES string of the molecule is Cc1cc(C)c(Oc2nc(C(C)(C)C)ccc2C(=O)NS(=O)(=O)c2cncc(N)c2)c(C)c1. The van der Waals surface area contributed by atoms with E-state index < -0.39 is 15.9 Å². The van der Waals surface area contributed by atoms with Gasteiger partial charge in [-0.15, -0.1) is 0 Å². The number of nitrogens with two attached hydrogens (primary N) is 1. The average Bonchev–Trinajstić information content (AvgIpc) is 2.69. The second kappa shape index (κ2) is 8.82. The lowest BCUT2D eigenvalue weighted by Gasteiger charge is -2.21. The minimum atomic E-state index is -4.21. The number of aromatic nitrogens is 2. The molecule has 8 nitrogen and oxygen atoms in total. The molecule has 3 N–H and O–H groups in total. The Hall–Kier alpha value is -3.46. The lowest BCUT2D eigenvalue weighted by molar-refractivity contribution is 0.0978. The number of ether oxygens (including phenoxy) is 1. The topological polar surface area (TPSA) is 124 Å². The van der Waals surface area contributed by atoms with Gasteiger partial charge in [-0.3, -0.25) is 9.78 Å². The van der Waals surface area contributed by atoms with Crippen molar-refractivity contribution >= 4 is 21.6 Å². The molecule has 0 aliphatic carbocycles. The van der Waals surface area contributed by atoms with Crippen LogP contribution in [-0.4, -0.2) is 24.3 Å². The lowest BCUT2D eigenvalue weighted by atomic mass is 9.91. The van der Waals surface area contributed by atoms with Crippen LogP contribution in [0.5, 0.6) is 11.6 Å². The summed E-state index contributed by atoms with van der Waals surface area (Å²) in [4.78, 5) is 21.2. The number of pyridine rings is 2. The van der Waals surface area contributed by atoms with E-state index in [1.165, 1.54) is 18.3 Å². The Bertz CT molecular complexity index is 1310. The minimum Gasteiger partial charge on any atom is -0.438 e. The summed E-state index contributed by atoms with van der Waals surface area (Å²) in [6.45, 7) is 11.7. The van der Waals surface area contributed by atoms with Gasteiger partial charge in [-0.1, -0.05) is 38.5 Å². The highest BCUT2D eigenvalue weighted by molar-refractivity contribution is 7.90. The Morgan fingerprint density at radius 3 is 2.24 bits per heavy atom. The van der Waals surface area contributed by atoms with Crippen molar-refractivity contribution in [3.05, 3.63) is 70.7 Å². The average molecular weight is 469 g/mol. The molecule has 174 valence electrons. The number of anilines is 1. The number of sulfonamides is 1. The minimum absolute atomic E-state index is 0.0113. The highest BCUT2D eigenvalue weighted by Gasteiger charge is 2.26. The van der Waals surface area contributed by atoms with Crippen LogP contribution in [0.4, 0.5) is 5.69 Å². The molecule has 2 aromatic heterocycles. The highest BCUT2D eigenvalue weighted by atomic mass is 32.2. The third-order valence-electron chi connectivity index (χ3n) is 4.95. The zero-order valence-electron chi connectivity index (χ0n) is 19.6. The van der Waals surface area contributed by atoms with E-state index in [0.717, 1.165) is 22.9 Å². The Morgan fingerprint density at radius 2 is 1.67 bits per heavy atom. The van der Waals surface area contributed by atoms with Crippen molar-refractivity contribution < 1.29 is 17.9 Å². The van der Waals surface area contributed by atoms with E-state index in [-0.39, 0.29) is 27.4 Å². The quantitative estimate of drug-likeness (QED) is 0.575. The van der Waals surface area contributed by atoms with E-state index in [2.05, 4.69) is 14.7 Å². The van der Waals surface area contributed by atoms with E-state index in [1.807, 2.05) is 53.7 Å². The normalized spacial score (nSPS) is 11.8. The second-order valence-electron chi connectivity index (χ2n) is 9.02. The molecule has 9 heteroatoms. The predicted octanol–water partition coefficient (Wildman–Crippen LogP) is 4.19. The molecule has 0 fully saturated rings. The van der Waals surface area contributed by atoms with Crippen molar-refractivity contribution in [2.45, 2.75) is 51.9 Å². The number of benzene rings is 1. The molecule has 2 heterocycles. The molecule has 0 saturated carbocycles. The molecule has 1 amide bonds. The molecule has 33 heavy (non-hydrogen) atoms. The van der Waals surface area contributed by atoms with Crippen LogP contribution in [0.15, 0.2) is 47.6 Å². The maximum Gasteiger partial charge on any atom is 0.270 e. The summed E-state index contributed by atoms with van der Waals surface area (Å²) >= 11 is 0. The largest absolute Gasteiger partial charge is 0.438 e. The zero-order valence-corrected chi connectivity index (χ0v) is 20.4. The van der Waals surface area contributed by atoms with Gasteiger partial charge in [0.1, 0.15) is 16.2 Å². The summed E-state index contributed by atoms with van der Waals surface area (Å²) in [5.41, 5.74) is 8.99. The summed E-state index contributed by atoms with van der Waals surface area (Å²) in [5, 5.41) is 0. The molecule has 0 spiro atoms. The second-order valence-corrected chi connectivity index (χ2v) is 10.7. The summed E-state index contributed by atoms with van der Waals surface area (Å²) in [5.74, 6) is -0.283. The van der Waals surface area contributed by atoms with Crippen molar-refractivity contribution in [3.8, 4) is 11.6 Å². The van der Waals surface area contributed by atoms with Crippen molar-refractivity contribution in [1.82, 2.24) is 14.7 Å². The van der Waals surface area contributed by atoms with E-state index in [0.29, 0.717) is 11.4 Å². The van der Waals surface area contributed by atoms with Crippen LogP contribution in [0.2, 0.25) is 0 Å². The molecule has 3 aromatic rings.